The van der Waals surface area contributed by atoms with Crippen LogP contribution in [-0.4, -0.2) is 66.5 Å². The Hall–Kier alpha value is -3.19. The lowest BCUT2D eigenvalue weighted by Gasteiger charge is -2.31. The third-order valence-corrected chi connectivity index (χ3v) is 7.02. The van der Waals surface area contributed by atoms with Gasteiger partial charge in [0, 0.05) is 68.3 Å². The Balaban J connectivity index is 1.62. The van der Waals surface area contributed by atoms with Crippen LogP contribution in [0.25, 0.3) is 27.7 Å². The monoisotopic (exact) mass is 447 g/mol. The Bertz CT molecular complexity index is 1260. The second-order valence-corrected chi connectivity index (χ2v) is 9.19. The van der Waals surface area contributed by atoms with Gasteiger partial charge in [-0.25, -0.2) is 9.37 Å². The highest BCUT2D eigenvalue weighted by Gasteiger charge is 2.32. The van der Waals surface area contributed by atoms with E-state index in [0.29, 0.717) is 6.54 Å². The summed E-state index contributed by atoms with van der Waals surface area (Å²) in [5.41, 5.74) is 7.40. The fourth-order valence-electron chi connectivity index (χ4n) is 5.24. The molecular formula is C26H30FN5O. The first-order valence-corrected chi connectivity index (χ1v) is 11.5. The second kappa shape index (κ2) is 8.30. The molecule has 3 aromatic rings. The molecule has 7 heteroatoms. The summed E-state index contributed by atoms with van der Waals surface area (Å²) in [7, 11) is 5.68. The van der Waals surface area contributed by atoms with Gasteiger partial charge < -0.3 is 14.8 Å². The summed E-state index contributed by atoms with van der Waals surface area (Å²) in [4.78, 5) is 26.5. The van der Waals surface area contributed by atoms with Gasteiger partial charge in [-0.3, -0.25) is 9.69 Å². The summed E-state index contributed by atoms with van der Waals surface area (Å²) in [6.45, 7) is 4.20. The number of aromatic nitrogens is 2. The van der Waals surface area contributed by atoms with Gasteiger partial charge in [0.2, 0.25) is 5.91 Å². The van der Waals surface area contributed by atoms with Gasteiger partial charge in [0.15, 0.2) is 0 Å². The number of carbonyl (C=O) groups excluding carboxylic acids is 1. The Labute approximate surface area is 193 Å². The van der Waals surface area contributed by atoms with Crippen LogP contribution in [0, 0.1) is 5.82 Å². The van der Waals surface area contributed by atoms with Crippen molar-refractivity contribution < 1.29 is 9.18 Å². The first-order chi connectivity index (χ1) is 15.9. The van der Waals surface area contributed by atoms with E-state index in [1.54, 1.807) is 31.3 Å². The number of nitrogens with zero attached hydrogens (tertiary/aromatic N) is 4. The van der Waals surface area contributed by atoms with E-state index in [1.807, 2.05) is 12.1 Å². The predicted octanol–water partition coefficient (Wildman–Crippen LogP) is 4.45. The molecule has 2 aliphatic rings. The molecule has 4 heterocycles. The lowest BCUT2D eigenvalue weighted by Crippen LogP contribution is -2.38. The standard InChI is InChI=1S/C26H30FN5O/c1-5-20-24-23-18(19-14-17(27)6-7-21(19)31(20)4)8-11-28-26(23)29-25(24)16-9-12-32(13-10-16)15-22(33)30(2)3/h6-9,11,14,20H,5,10,12-13,15H2,1-4H3,(H,28,29)/t20-/m0/s1. The Morgan fingerprint density at radius 1 is 1.27 bits per heavy atom. The van der Waals surface area contributed by atoms with Gasteiger partial charge in [-0.2, -0.15) is 0 Å². The summed E-state index contributed by atoms with van der Waals surface area (Å²) >= 11 is 0. The van der Waals surface area contributed by atoms with Gasteiger partial charge in [-0.05, 0) is 48.2 Å². The zero-order valence-electron chi connectivity index (χ0n) is 19.7. The lowest BCUT2D eigenvalue weighted by atomic mass is 9.93. The largest absolute Gasteiger partial charge is 0.367 e. The third-order valence-electron chi connectivity index (χ3n) is 7.02. The highest BCUT2D eigenvalue weighted by Crippen LogP contribution is 2.48. The average molecular weight is 448 g/mol. The number of benzene rings is 1. The Morgan fingerprint density at radius 2 is 2.09 bits per heavy atom. The molecule has 0 saturated heterocycles. The molecule has 0 spiro atoms. The van der Waals surface area contributed by atoms with Crippen molar-refractivity contribution in [1.82, 2.24) is 19.8 Å². The number of nitrogens with one attached hydrogen (secondary N) is 1. The van der Waals surface area contributed by atoms with Gasteiger partial charge in [0.25, 0.3) is 0 Å². The summed E-state index contributed by atoms with van der Waals surface area (Å²) in [6.07, 6.45) is 5.81. The van der Waals surface area contributed by atoms with Crippen LogP contribution in [-0.2, 0) is 4.79 Å². The molecule has 0 bridgehead atoms. The number of rotatable bonds is 4. The normalized spacial score (nSPS) is 18.2. The third kappa shape index (κ3) is 3.60. The first-order valence-electron chi connectivity index (χ1n) is 11.5. The number of H-pyrrole nitrogens is 1. The molecule has 172 valence electrons. The number of carbonyl (C=O) groups is 1. The van der Waals surface area contributed by atoms with Crippen LogP contribution >= 0.6 is 0 Å². The molecule has 5 rings (SSSR count). The number of hydrogen-bond donors (Lipinski definition) is 1. The summed E-state index contributed by atoms with van der Waals surface area (Å²) in [5, 5.41) is 1.08. The molecule has 33 heavy (non-hydrogen) atoms. The molecule has 6 nitrogen and oxygen atoms in total. The zero-order valence-corrected chi connectivity index (χ0v) is 19.7. The van der Waals surface area contributed by atoms with E-state index < -0.39 is 0 Å². The summed E-state index contributed by atoms with van der Waals surface area (Å²) in [6, 6.07) is 7.19. The topological polar surface area (TPSA) is 55.5 Å². The number of fused-ring (bicyclic) bond motifs is 2. The molecule has 1 N–H and O–H groups in total. The number of hydrogen-bond acceptors (Lipinski definition) is 4. The fraction of sp³-hybridized carbons (Fsp3) is 0.385. The number of halogens is 1. The number of anilines is 1. The smallest absolute Gasteiger partial charge is 0.236 e. The van der Waals surface area contributed by atoms with Crippen LogP contribution in [0.5, 0.6) is 0 Å². The molecular weight excluding hydrogens is 417 g/mol. The van der Waals surface area contributed by atoms with E-state index >= 15 is 0 Å². The van der Waals surface area contributed by atoms with Crippen LogP contribution in [0.4, 0.5) is 10.1 Å². The molecule has 1 aromatic carbocycles. The van der Waals surface area contributed by atoms with Crippen molar-refractivity contribution in [2.75, 3.05) is 45.7 Å². The highest BCUT2D eigenvalue weighted by molar-refractivity contribution is 6.03. The van der Waals surface area contributed by atoms with Crippen molar-refractivity contribution in [3.05, 3.63) is 53.6 Å². The minimum Gasteiger partial charge on any atom is -0.367 e. The van der Waals surface area contributed by atoms with Crippen molar-refractivity contribution in [3.63, 3.8) is 0 Å². The van der Waals surface area contributed by atoms with E-state index in [1.165, 1.54) is 17.2 Å². The Morgan fingerprint density at radius 3 is 2.79 bits per heavy atom. The van der Waals surface area contributed by atoms with Crippen LogP contribution in [0.3, 0.4) is 0 Å². The minimum atomic E-state index is -0.235. The zero-order chi connectivity index (χ0) is 23.3. The van der Waals surface area contributed by atoms with Gasteiger partial charge in [-0.15, -0.1) is 0 Å². The minimum absolute atomic E-state index is 0.121. The predicted molar refractivity (Wildman–Crippen MR) is 131 cm³/mol. The number of pyridine rings is 1. The van der Waals surface area contributed by atoms with Crippen molar-refractivity contribution in [3.8, 4) is 11.1 Å². The average Bonchev–Trinajstić information content (AvgIpc) is 3.14. The molecule has 0 radical (unpaired) electrons. The molecule has 0 unspecified atom stereocenters. The number of aromatic amines is 1. The number of amides is 1. The van der Waals surface area contributed by atoms with Gasteiger partial charge in [0.1, 0.15) is 11.5 Å². The maximum Gasteiger partial charge on any atom is 0.236 e. The summed E-state index contributed by atoms with van der Waals surface area (Å²) < 4.78 is 14.3. The van der Waals surface area contributed by atoms with Crippen molar-refractivity contribution >= 4 is 28.2 Å². The molecule has 2 aliphatic heterocycles. The molecule has 0 saturated carbocycles. The SMILES string of the molecule is CC[C@H]1c2c(C3=CCN(CC(=O)N(C)C)CC3)[nH]c3nccc(c23)-c2cc(F)ccc2N1C. The molecule has 1 amide bonds. The van der Waals surface area contributed by atoms with Crippen LogP contribution in [0.15, 0.2) is 36.5 Å². The molecule has 0 fully saturated rings. The quantitative estimate of drug-likeness (QED) is 0.642. The van der Waals surface area contributed by atoms with Crippen molar-refractivity contribution in [2.24, 2.45) is 0 Å². The van der Waals surface area contributed by atoms with Gasteiger partial charge in [-0.1, -0.05) is 13.0 Å². The second-order valence-electron chi connectivity index (χ2n) is 9.19. The van der Waals surface area contributed by atoms with E-state index in [4.69, 9.17) is 0 Å². The maximum absolute atomic E-state index is 14.3. The number of likely N-dealkylation sites (N-methyl/N-ethyl adjacent to an activating group) is 1. The molecule has 2 aromatic heterocycles. The van der Waals surface area contributed by atoms with E-state index in [2.05, 4.69) is 39.8 Å². The first kappa shape index (κ1) is 21.6. The molecule has 1 atom stereocenters. The fourth-order valence-corrected chi connectivity index (χ4v) is 5.24. The van der Waals surface area contributed by atoms with Gasteiger partial charge >= 0.3 is 0 Å². The highest BCUT2D eigenvalue weighted by atomic mass is 19.1. The van der Waals surface area contributed by atoms with E-state index in [-0.39, 0.29) is 17.8 Å². The van der Waals surface area contributed by atoms with Crippen LogP contribution < -0.4 is 4.90 Å². The van der Waals surface area contributed by atoms with Crippen molar-refractivity contribution in [2.45, 2.75) is 25.8 Å². The van der Waals surface area contributed by atoms with Gasteiger partial charge in [0.05, 0.1) is 12.6 Å². The summed E-state index contributed by atoms with van der Waals surface area (Å²) in [5.74, 6) is -0.114. The van der Waals surface area contributed by atoms with E-state index in [9.17, 15) is 9.18 Å². The van der Waals surface area contributed by atoms with Crippen LogP contribution in [0.1, 0.15) is 37.1 Å². The molecule has 0 aliphatic carbocycles. The maximum atomic E-state index is 14.3. The Kier molecular flexibility index (Phi) is 5.44. The lowest BCUT2D eigenvalue weighted by molar-refractivity contribution is -0.129. The van der Waals surface area contributed by atoms with Crippen LogP contribution in [0.2, 0.25) is 0 Å². The van der Waals surface area contributed by atoms with E-state index in [0.717, 1.165) is 59.5 Å². The van der Waals surface area contributed by atoms with Crippen molar-refractivity contribution in [1.29, 1.82) is 0 Å².